The van der Waals surface area contributed by atoms with Crippen molar-refractivity contribution in [1.29, 1.82) is 0 Å². The predicted molar refractivity (Wildman–Crippen MR) is 133 cm³/mol. The van der Waals surface area contributed by atoms with Crippen molar-refractivity contribution in [2.24, 2.45) is 0 Å². The number of carbonyl (C=O) groups is 1. The van der Waals surface area contributed by atoms with Gasteiger partial charge in [-0.2, -0.15) is 0 Å². The van der Waals surface area contributed by atoms with Gasteiger partial charge in [-0.3, -0.25) is 4.98 Å². The van der Waals surface area contributed by atoms with E-state index in [2.05, 4.69) is 37.3 Å². The van der Waals surface area contributed by atoms with Crippen LogP contribution in [0, 0.1) is 6.92 Å². The zero-order valence-corrected chi connectivity index (χ0v) is 19.8. The van der Waals surface area contributed by atoms with Crippen molar-refractivity contribution < 1.29 is 14.6 Å². The summed E-state index contributed by atoms with van der Waals surface area (Å²) in [6.45, 7) is 9.80. The Morgan fingerprint density at radius 2 is 1.79 bits per heavy atom. The molecule has 1 aliphatic carbocycles. The van der Waals surface area contributed by atoms with Crippen LogP contribution in [0.3, 0.4) is 0 Å². The second kappa shape index (κ2) is 7.67. The highest BCUT2D eigenvalue weighted by Crippen LogP contribution is 2.46. The van der Waals surface area contributed by atoms with E-state index in [0.29, 0.717) is 17.2 Å². The number of aromatic nitrogens is 1. The Morgan fingerprint density at radius 3 is 2.52 bits per heavy atom. The molecule has 0 saturated carbocycles. The van der Waals surface area contributed by atoms with Gasteiger partial charge in [-0.1, -0.05) is 55.5 Å². The lowest BCUT2D eigenvalue weighted by molar-refractivity contribution is -0.160. The molecule has 0 aliphatic heterocycles. The molecule has 1 heterocycles. The van der Waals surface area contributed by atoms with Crippen molar-refractivity contribution >= 4 is 27.6 Å². The van der Waals surface area contributed by atoms with Crippen LogP contribution in [0.2, 0.25) is 0 Å². The number of pyridine rings is 1. The minimum atomic E-state index is -1.13. The molecule has 4 nitrogen and oxygen atoms in total. The van der Waals surface area contributed by atoms with E-state index in [1.165, 1.54) is 16.5 Å². The van der Waals surface area contributed by atoms with Gasteiger partial charge in [-0.25, -0.2) is 4.79 Å². The van der Waals surface area contributed by atoms with E-state index in [9.17, 15) is 9.90 Å². The van der Waals surface area contributed by atoms with Crippen LogP contribution in [-0.4, -0.2) is 21.7 Å². The minimum Gasteiger partial charge on any atom is -0.479 e. The maximum absolute atomic E-state index is 12.5. The summed E-state index contributed by atoms with van der Waals surface area (Å²) in [4.78, 5) is 17.3. The number of hydrogen-bond acceptors (Lipinski definition) is 3. The molecule has 1 aliphatic rings. The van der Waals surface area contributed by atoms with Gasteiger partial charge in [0.05, 0.1) is 11.1 Å². The number of para-hydroxylation sites is 1. The number of carboxylic acids is 1. The highest BCUT2D eigenvalue weighted by Gasteiger charge is 2.33. The van der Waals surface area contributed by atoms with Gasteiger partial charge in [0, 0.05) is 16.6 Å². The lowest BCUT2D eigenvalue weighted by Gasteiger charge is -2.28. The van der Waals surface area contributed by atoms with Gasteiger partial charge < -0.3 is 9.84 Å². The normalized spacial score (nSPS) is 16.5. The van der Waals surface area contributed by atoms with Crippen molar-refractivity contribution in [2.75, 3.05) is 0 Å². The third-order valence-electron chi connectivity index (χ3n) is 6.56. The summed E-state index contributed by atoms with van der Waals surface area (Å²) in [6, 6.07) is 18.8. The Hall–Kier alpha value is -3.24. The van der Waals surface area contributed by atoms with Crippen LogP contribution < -0.4 is 0 Å². The summed E-state index contributed by atoms with van der Waals surface area (Å²) in [5.41, 5.74) is 6.18. The van der Waals surface area contributed by atoms with Crippen molar-refractivity contribution in [3.63, 3.8) is 0 Å². The van der Waals surface area contributed by atoms with Crippen molar-refractivity contribution in [3.05, 3.63) is 77.0 Å². The summed E-state index contributed by atoms with van der Waals surface area (Å²) in [7, 11) is 0. The Balaban J connectivity index is 1.91. The van der Waals surface area contributed by atoms with Crippen LogP contribution in [0.25, 0.3) is 32.8 Å². The lowest BCUT2D eigenvalue weighted by atomic mass is 9.87. The van der Waals surface area contributed by atoms with Gasteiger partial charge in [0.25, 0.3) is 0 Å². The van der Waals surface area contributed by atoms with E-state index >= 15 is 0 Å². The van der Waals surface area contributed by atoms with Gasteiger partial charge in [-0.15, -0.1) is 0 Å². The van der Waals surface area contributed by atoms with E-state index in [1.807, 2.05) is 52.0 Å². The summed E-state index contributed by atoms with van der Waals surface area (Å²) < 4.78 is 6.13. The lowest BCUT2D eigenvalue weighted by Crippen LogP contribution is -2.28. The highest BCUT2D eigenvalue weighted by atomic mass is 16.5. The number of aliphatic carboxylic acids is 1. The molecule has 0 fully saturated rings. The molecule has 33 heavy (non-hydrogen) atoms. The van der Waals surface area contributed by atoms with Crippen LogP contribution in [0.1, 0.15) is 62.1 Å². The maximum Gasteiger partial charge on any atom is 0.337 e. The highest BCUT2D eigenvalue weighted by molar-refractivity contribution is 6.09. The molecule has 5 rings (SSSR count). The van der Waals surface area contributed by atoms with E-state index in [1.54, 1.807) is 0 Å². The fourth-order valence-corrected chi connectivity index (χ4v) is 5.30. The average Bonchev–Trinajstić information content (AvgIpc) is 3.08. The fraction of sp³-hybridized carbons (Fsp3) is 0.310. The van der Waals surface area contributed by atoms with Crippen LogP contribution in [0.4, 0.5) is 0 Å². The number of carboxylic acid groups (broad SMARTS) is 1. The summed E-state index contributed by atoms with van der Waals surface area (Å²) in [6.07, 6.45) is -0.0941. The molecule has 2 atom stereocenters. The first kappa shape index (κ1) is 21.6. The second-order valence-corrected chi connectivity index (χ2v) is 10.1. The molecular formula is C29H29NO3. The van der Waals surface area contributed by atoms with Gasteiger partial charge >= 0.3 is 5.97 Å². The van der Waals surface area contributed by atoms with E-state index in [0.717, 1.165) is 33.8 Å². The Morgan fingerprint density at radius 1 is 1.06 bits per heavy atom. The quantitative estimate of drug-likeness (QED) is 0.373. The zero-order chi connectivity index (χ0) is 23.5. The molecule has 0 unspecified atom stereocenters. The molecule has 0 saturated heterocycles. The predicted octanol–water partition coefficient (Wildman–Crippen LogP) is 6.96. The van der Waals surface area contributed by atoms with Crippen LogP contribution in [-0.2, 0) is 16.0 Å². The van der Waals surface area contributed by atoms with Crippen LogP contribution >= 0.6 is 0 Å². The summed E-state index contributed by atoms with van der Waals surface area (Å²) >= 11 is 0. The van der Waals surface area contributed by atoms with Gasteiger partial charge in [0.1, 0.15) is 0 Å². The topological polar surface area (TPSA) is 59.4 Å². The Labute approximate surface area is 194 Å². The molecule has 0 amide bonds. The first-order valence-corrected chi connectivity index (χ1v) is 11.5. The summed E-state index contributed by atoms with van der Waals surface area (Å²) in [5, 5.41) is 13.6. The fourth-order valence-electron chi connectivity index (χ4n) is 5.30. The second-order valence-electron chi connectivity index (χ2n) is 10.1. The van der Waals surface area contributed by atoms with Crippen molar-refractivity contribution in [1.82, 2.24) is 4.98 Å². The van der Waals surface area contributed by atoms with Gasteiger partial charge in [0.2, 0.25) is 0 Å². The number of hydrogen-bond donors (Lipinski definition) is 1. The Bertz CT molecular complexity index is 1410. The number of nitrogens with zero attached hydrogens (tertiary/aromatic N) is 1. The zero-order valence-electron chi connectivity index (χ0n) is 19.8. The van der Waals surface area contributed by atoms with Crippen molar-refractivity contribution in [2.45, 2.75) is 58.7 Å². The third kappa shape index (κ3) is 3.59. The average molecular weight is 440 g/mol. The molecule has 4 aromatic rings. The first-order valence-electron chi connectivity index (χ1n) is 11.5. The molecule has 0 spiro atoms. The van der Waals surface area contributed by atoms with E-state index in [-0.39, 0.29) is 0 Å². The van der Waals surface area contributed by atoms with Crippen LogP contribution in [0.5, 0.6) is 0 Å². The number of rotatable bonds is 4. The van der Waals surface area contributed by atoms with E-state index < -0.39 is 17.7 Å². The molecule has 168 valence electrons. The van der Waals surface area contributed by atoms with Gasteiger partial charge in [0.15, 0.2) is 6.10 Å². The SMILES string of the molecule is Cc1nc2ccccc2c(-c2ccc3c4c(cccc24)C[C@@H]3C)c1[C@H](OC(C)(C)C)C(=O)O. The summed E-state index contributed by atoms with van der Waals surface area (Å²) in [5.74, 6) is -0.531. The number of benzene rings is 3. The monoisotopic (exact) mass is 439 g/mol. The minimum absolute atomic E-state index is 0.477. The van der Waals surface area contributed by atoms with Crippen molar-refractivity contribution in [3.8, 4) is 11.1 Å². The largest absolute Gasteiger partial charge is 0.479 e. The third-order valence-corrected chi connectivity index (χ3v) is 6.56. The molecule has 1 N–H and O–H groups in total. The molecule has 0 bridgehead atoms. The number of aryl methyl sites for hydroxylation is 1. The standard InChI is InChI=1S/C29H29NO3/c1-16-15-18-9-8-11-20-21(14-13-19(16)25(18)20)26-22-10-6-7-12-23(22)30-17(2)24(26)27(28(31)32)33-29(3,4)5/h6-14,16,27H,15H2,1-5H3,(H,31,32)/t16-,27-/m0/s1. The van der Waals surface area contributed by atoms with E-state index in [4.69, 9.17) is 9.72 Å². The molecule has 1 aromatic heterocycles. The molecular weight excluding hydrogens is 410 g/mol. The molecule has 3 aromatic carbocycles. The maximum atomic E-state index is 12.5. The number of fused-ring (bicyclic) bond motifs is 1. The molecule has 0 radical (unpaired) electrons. The molecule has 4 heteroatoms. The Kier molecular flexibility index (Phi) is 5.02. The number of ether oxygens (including phenoxy) is 1. The smallest absolute Gasteiger partial charge is 0.337 e. The van der Waals surface area contributed by atoms with Crippen LogP contribution in [0.15, 0.2) is 54.6 Å². The van der Waals surface area contributed by atoms with Gasteiger partial charge in [-0.05, 0) is 79.1 Å². The first-order chi connectivity index (χ1) is 15.7.